The van der Waals surface area contributed by atoms with Crippen molar-refractivity contribution in [1.29, 1.82) is 0 Å². The van der Waals surface area contributed by atoms with Crippen LogP contribution < -0.4 is 10.6 Å². The number of anilines is 2. The summed E-state index contributed by atoms with van der Waals surface area (Å²) in [5.74, 6) is 1.59. The first-order valence-corrected chi connectivity index (χ1v) is 9.07. The van der Waals surface area contributed by atoms with Crippen molar-refractivity contribution in [2.75, 3.05) is 10.6 Å². The lowest BCUT2D eigenvalue weighted by Gasteiger charge is -2.41. The lowest BCUT2D eigenvalue weighted by molar-refractivity contribution is 0.145. The molecule has 2 aromatic carbocycles. The molecule has 4 rings (SSSR count). The zero-order valence-corrected chi connectivity index (χ0v) is 14.5. The minimum Gasteiger partial charge on any atom is -0.365 e. The Hall–Kier alpha value is -1.70. The second kappa shape index (κ2) is 5.43. The molecule has 0 amide bonds. The fraction of sp³-hybridized carbons (Fsp3) is 0.524. The maximum Gasteiger partial charge on any atom is 0.0993 e. The Morgan fingerprint density at radius 3 is 1.91 bits per heavy atom. The molecule has 0 atom stereocenters. The summed E-state index contributed by atoms with van der Waals surface area (Å²) >= 11 is 0. The van der Waals surface area contributed by atoms with E-state index in [0.29, 0.717) is 11.6 Å². The fourth-order valence-corrected chi connectivity index (χ4v) is 4.51. The molecule has 1 saturated carbocycles. The van der Waals surface area contributed by atoms with Crippen LogP contribution in [0.2, 0.25) is 0 Å². The topological polar surface area (TPSA) is 24.1 Å². The molecule has 0 spiro atoms. The second-order valence-electron chi connectivity index (χ2n) is 8.45. The van der Waals surface area contributed by atoms with Gasteiger partial charge in [0, 0.05) is 16.8 Å². The van der Waals surface area contributed by atoms with E-state index in [1.54, 1.807) is 0 Å². The van der Waals surface area contributed by atoms with E-state index in [1.807, 2.05) is 0 Å². The Morgan fingerprint density at radius 2 is 1.39 bits per heavy atom. The third kappa shape index (κ3) is 2.69. The van der Waals surface area contributed by atoms with Crippen LogP contribution in [0.4, 0.5) is 11.4 Å². The van der Waals surface area contributed by atoms with E-state index < -0.39 is 0 Å². The number of hydrogen-bond donors (Lipinski definition) is 2. The maximum atomic E-state index is 3.77. The predicted octanol–water partition coefficient (Wildman–Crippen LogP) is 5.86. The van der Waals surface area contributed by atoms with E-state index in [0.717, 1.165) is 11.8 Å². The summed E-state index contributed by atoms with van der Waals surface area (Å²) in [5, 5.41) is 10.2. The third-order valence-electron chi connectivity index (χ3n) is 5.99. The standard InChI is InChI=1S/C21H28N2/c1-21(2,3)16-12-10-15(11-13-16)20-22-17-8-4-6-14-7-5-9-18(23-20)19(14)17/h4-9,15-16,20,22-23H,10-13H2,1-3H3. The molecule has 0 unspecified atom stereocenters. The SMILES string of the molecule is CC(C)(C)C1CCC(C2Nc3cccc4cccc(c34)N2)CC1. The van der Waals surface area contributed by atoms with Gasteiger partial charge in [0.2, 0.25) is 0 Å². The van der Waals surface area contributed by atoms with Crippen LogP contribution in [-0.4, -0.2) is 6.17 Å². The third-order valence-corrected chi connectivity index (χ3v) is 5.99. The minimum atomic E-state index is 0.372. The molecular formula is C21H28N2. The first-order chi connectivity index (χ1) is 11.0. The van der Waals surface area contributed by atoms with Gasteiger partial charge in [0.1, 0.15) is 0 Å². The molecule has 2 aliphatic rings. The van der Waals surface area contributed by atoms with Gasteiger partial charge in [0.15, 0.2) is 0 Å². The van der Waals surface area contributed by atoms with Crippen LogP contribution in [0.3, 0.4) is 0 Å². The summed E-state index contributed by atoms with van der Waals surface area (Å²) < 4.78 is 0. The lowest BCUT2D eigenvalue weighted by Crippen LogP contribution is -2.41. The van der Waals surface area contributed by atoms with Gasteiger partial charge >= 0.3 is 0 Å². The van der Waals surface area contributed by atoms with Crippen molar-refractivity contribution < 1.29 is 0 Å². The van der Waals surface area contributed by atoms with Crippen LogP contribution in [0.25, 0.3) is 10.8 Å². The molecule has 1 heterocycles. The largest absolute Gasteiger partial charge is 0.365 e. The molecule has 23 heavy (non-hydrogen) atoms. The normalized spacial score (nSPS) is 25.0. The summed E-state index contributed by atoms with van der Waals surface area (Å²) in [4.78, 5) is 0. The molecule has 0 radical (unpaired) electrons. The van der Waals surface area contributed by atoms with Gasteiger partial charge in [0.05, 0.1) is 6.17 Å². The molecule has 0 aromatic heterocycles. The summed E-state index contributed by atoms with van der Waals surface area (Å²) in [7, 11) is 0. The van der Waals surface area contributed by atoms with Crippen molar-refractivity contribution in [3.63, 3.8) is 0 Å². The molecule has 1 fully saturated rings. The van der Waals surface area contributed by atoms with Gasteiger partial charge in [-0.15, -0.1) is 0 Å². The van der Waals surface area contributed by atoms with E-state index >= 15 is 0 Å². The highest BCUT2D eigenvalue weighted by atomic mass is 15.2. The maximum absolute atomic E-state index is 3.77. The zero-order chi connectivity index (χ0) is 16.0. The summed E-state index contributed by atoms with van der Waals surface area (Å²) in [6.07, 6.45) is 5.74. The molecule has 2 heteroatoms. The predicted molar refractivity (Wildman–Crippen MR) is 99.9 cm³/mol. The fourth-order valence-electron chi connectivity index (χ4n) is 4.51. The number of nitrogens with one attached hydrogen (secondary N) is 2. The highest BCUT2D eigenvalue weighted by Gasteiger charge is 2.34. The van der Waals surface area contributed by atoms with E-state index in [2.05, 4.69) is 67.8 Å². The Labute approximate surface area is 139 Å². The van der Waals surface area contributed by atoms with Gasteiger partial charge in [-0.1, -0.05) is 45.0 Å². The monoisotopic (exact) mass is 308 g/mol. The van der Waals surface area contributed by atoms with Crippen LogP contribution in [-0.2, 0) is 0 Å². The number of hydrogen-bond acceptors (Lipinski definition) is 2. The van der Waals surface area contributed by atoms with Gasteiger partial charge in [-0.05, 0) is 60.5 Å². The molecule has 2 N–H and O–H groups in total. The van der Waals surface area contributed by atoms with Gasteiger partial charge in [-0.25, -0.2) is 0 Å². The molecule has 0 bridgehead atoms. The van der Waals surface area contributed by atoms with Crippen molar-refractivity contribution in [2.24, 2.45) is 17.3 Å². The molecule has 0 saturated heterocycles. The number of benzene rings is 2. The van der Waals surface area contributed by atoms with Crippen LogP contribution in [0.5, 0.6) is 0 Å². The van der Waals surface area contributed by atoms with E-state index in [1.165, 1.54) is 47.8 Å². The van der Waals surface area contributed by atoms with Gasteiger partial charge < -0.3 is 10.6 Å². The summed E-state index contributed by atoms with van der Waals surface area (Å²) in [6.45, 7) is 7.18. The zero-order valence-electron chi connectivity index (χ0n) is 14.5. The first-order valence-electron chi connectivity index (χ1n) is 9.07. The van der Waals surface area contributed by atoms with Crippen molar-refractivity contribution in [3.8, 4) is 0 Å². The van der Waals surface area contributed by atoms with Gasteiger partial charge in [0.25, 0.3) is 0 Å². The van der Waals surface area contributed by atoms with Crippen LogP contribution in [0, 0.1) is 17.3 Å². The van der Waals surface area contributed by atoms with Gasteiger partial charge in [-0.2, -0.15) is 0 Å². The summed E-state index contributed by atoms with van der Waals surface area (Å²) in [6, 6.07) is 13.2. The molecule has 1 aliphatic carbocycles. The van der Waals surface area contributed by atoms with Crippen LogP contribution >= 0.6 is 0 Å². The van der Waals surface area contributed by atoms with E-state index in [-0.39, 0.29) is 0 Å². The minimum absolute atomic E-state index is 0.372. The quantitative estimate of drug-likeness (QED) is 0.690. The molecule has 1 aliphatic heterocycles. The van der Waals surface area contributed by atoms with Crippen molar-refractivity contribution in [3.05, 3.63) is 36.4 Å². The molecule has 2 aromatic rings. The van der Waals surface area contributed by atoms with Crippen molar-refractivity contribution in [1.82, 2.24) is 0 Å². The van der Waals surface area contributed by atoms with E-state index in [4.69, 9.17) is 0 Å². The Morgan fingerprint density at radius 1 is 0.826 bits per heavy atom. The van der Waals surface area contributed by atoms with E-state index in [9.17, 15) is 0 Å². The average Bonchev–Trinajstić information content (AvgIpc) is 2.55. The second-order valence-corrected chi connectivity index (χ2v) is 8.45. The molecular weight excluding hydrogens is 280 g/mol. The smallest absolute Gasteiger partial charge is 0.0993 e. The van der Waals surface area contributed by atoms with Crippen molar-refractivity contribution in [2.45, 2.75) is 52.6 Å². The van der Waals surface area contributed by atoms with Crippen LogP contribution in [0.15, 0.2) is 36.4 Å². The van der Waals surface area contributed by atoms with Crippen LogP contribution in [0.1, 0.15) is 46.5 Å². The highest BCUT2D eigenvalue weighted by molar-refractivity contribution is 6.04. The van der Waals surface area contributed by atoms with Crippen molar-refractivity contribution >= 4 is 22.1 Å². The first kappa shape index (κ1) is 14.9. The van der Waals surface area contributed by atoms with Gasteiger partial charge in [-0.3, -0.25) is 0 Å². The highest BCUT2D eigenvalue weighted by Crippen LogP contribution is 2.43. The average molecular weight is 308 g/mol. The Balaban J connectivity index is 1.53. The lowest BCUT2D eigenvalue weighted by atomic mass is 9.69. The Kier molecular flexibility index (Phi) is 3.51. The number of rotatable bonds is 1. The Bertz CT molecular complexity index is 665. The summed E-state index contributed by atoms with van der Waals surface area (Å²) in [5.41, 5.74) is 3.04. The molecule has 2 nitrogen and oxygen atoms in total. The molecule has 122 valence electrons.